The molecule has 3 aromatic rings. The monoisotopic (exact) mass is 706 g/mol. The normalized spacial score (nSPS) is 24.0. The molecule has 3 atom stereocenters. The summed E-state index contributed by atoms with van der Waals surface area (Å²) < 4.78 is 71.7. The number of nitrogens with zero attached hydrogens (tertiary/aromatic N) is 7. The molecule has 2 aromatic heterocycles. The van der Waals surface area contributed by atoms with Crippen LogP contribution >= 0.6 is 11.6 Å². The average Bonchev–Trinajstić information content (AvgIpc) is 3.60. The first-order valence-electron chi connectivity index (χ1n) is 16.5. The van der Waals surface area contributed by atoms with Crippen molar-refractivity contribution in [2.45, 2.75) is 82.7 Å². The van der Waals surface area contributed by atoms with Gasteiger partial charge in [0.25, 0.3) is 5.91 Å². The van der Waals surface area contributed by atoms with Crippen LogP contribution in [0.5, 0.6) is 6.01 Å². The highest BCUT2D eigenvalue weighted by molar-refractivity contribution is 6.34. The van der Waals surface area contributed by atoms with Crippen LogP contribution in [0.3, 0.4) is 0 Å². The molecular weight excluding hydrogens is 668 g/mol. The van der Waals surface area contributed by atoms with Crippen LogP contribution in [0.4, 0.5) is 29.1 Å². The number of halogens is 5. The summed E-state index contributed by atoms with van der Waals surface area (Å²) in [6.07, 6.45) is -3.79. The van der Waals surface area contributed by atoms with Gasteiger partial charge in [0, 0.05) is 57.8 Å². The minimum atomic E-state index is -4.62. The number of ether oxygens (including phenoxy) is 2. The van der Waals surface area contributed by atoms with Gasteiger partial charge in [-0.05, 0) is 56.0 Å². The van der Waals surface area contributed by atoms with Crippen LogP contribution in [0.2, 0.25) is 5.02 Å². The summed E-state index contributed by atoms with van der Waals surface area (Å²) in [6.45, 7) is 3.97. The number of anilines is 2. The minimum absolute atomic E-state index is 0.0116. The standard InChI is InChI=1S/C33H39ClF4N8O3/c1-18-10-20(39)11-21(26(18)33(36,37)38)25-12-23-22(16-48-25)29(41-31(40-23)49-17-32-6-4-8-45(32)14-19(35)13-32)44-7-5-9-46-24(15-44)27(34)28(42-46)30(47)43(2)3/h10-11,19,25H,4-9,12-17,39H2,1-3H3/t19-,25?,32+/m1/s1. The molecule has 2 N–H and O–H groups in total. The Bertz CT molecular complexity index is 1790. The summed E-state index contributed by atoms with van der Waals surface area (Å²) in [5, 5.41) is 4.76. The topological polar surface area (TPSA) is 115 Å². The van der Waals surface area contributed by atoms with Crippen molar-refractivity contribution in [1.29, 1.82) is 0 Å². The smallest absolute Gasteiger partial charge is 0.417 e. The summed E-state index contributed by atoms with van der Waals surface area (Å²) >= 11 is 6.75. The van der Waals surface area contributed by atoms with E-state index in [0.29, 0.717) is 55.2 Å². The number of nitrogen functional groups attached to an aromatic ring is 1. The van der Waals surface area contributed by atoms with Crippen molar-refractivity contribution in [3.63, 3.8) is 0 Å². The first-order chi connectivity index (χ1) is 23.2. The summed E-state index contributed by atoms with van der Waals surface area (Å²) in [5.74, 6) is 0.185. The zero-order chi connectivity index (χ0) is 34.8. The molecule has 7 rings (SSSR count). The Kier molecular flexibility index (Phi) is 8.67. The van der Waals surface area contributed by atoms with Crippen LogP contribution in [0.25, 0.3) is 0 Å². The maximum atomic E-state index is 14.5. The molecule has 1 unspecified atom stereocenters. The Hall–Kier alpha value is -3.69. The lowest BCUT2D eigenvalue weighted by Crippen LogP contribution is -2.43. The van der Waals surface area contributed by atoms with E-state index in [2.05, 4.69) is 10.00 Å². The third-order valence-corrected chi connectivity index (χ3v) is 10.5. The van der Waals surface area contributed by atoms with Gasteiger partial charge >= 0.3 is 12.2 Å². The molecule has 49 heavy (non-hydrogen) atoms. The molecular formula is C33H39ClF4N8O3. The zero-order valence-electron chi connectivity index (χ0n) is 27.6. The second kappa shape index (κ2) is 12.6. The highest BCUT2D eigenvalue weighted by Crippen LogP contribution is 2.44. The van der Waals surface area contributed by atoms with Gasteiger partial charge in [-0.1, -0.05) is 11.6 Å². The Labute approximate surface area is 286 Å². The van der Waals surface area contributed by atoms with Gasteiger partial charge in [0.2, 0.25) is 0 Å². The number of aryl methyl sites for hydroxylation is 2. The van der Waals surface area contributed by atoms with Crippen LogP contribution in [0, 0.1) is 6.92 Å². The third-order valence-electron chi connectivity index (χ3n) is 10.1. The zero-order valence-corrected chi connectivity index (χ0v) is 28.4. The lowest BCUT2D eigenvalue weighted by Gasteiger charge is -2.33. The largest absolute Gasteiger partial charge is 0.461 e. The molecule has 0 spiro atoms. The number of aromatic nitrogens is 4. The molecule has 6 heterocycles. The fraction of sp³-hybridized carbons (Fsp3) is 0.576. The Morgan fingerprint density at radius 3 is 2.76 bits per heavy atom. The lowest BCUT2D eigenvalue weighted by molar-refractivity contribution is -0.140. The molecule has 4 aliphatic rings. The molecule has 0 aliphatic carbocycles. The summed E-state index contributed by atoms with van der Waals surface area (Å²) in [7, 11) is 3.26. The van der Waals surface area contributed by atoms with Crippen molar-refractivity contribution >= 4 is 29.0 Å². The molecule has 0 bridgehead atoms. The van der Waals surface area contributed by atoms with E-state index in [9.17, 15) is 22.4 Å². The number of benzene rings is 1. The highest BCUT2D eigenvalue weighted by Gasteiger charge is 2.49. The van der Waals surface area contributed by atoms with Crippen molar-refractivity contribution in [2.75, 3.05) is 51.0 Å². The first kappa shape index (κ1) is 33.8. The number of fused-ring (bicyclic) bond motifs is 3. The molecule has 16 heteroatoms. The van der Waals surface area contributed by atoms with E-state index < -0.39 is 29.6 Å². The predicted molar refractivity (Wildman–Crippen MR) is 173 cm³/mol. The van der Waals surface area contributed by atoms with E-state index in [4.69, 9.17) is 36.8 Å². The van der Waals surface area contributed by atoms with E-state index in [-0.39, 0.29) is 65.6 Å². The third kappa shape index (κ3) is 6.18. The molecule has 2 fully saturated rings. The van der Waals surface area contributed by atoms with E-state index in [0.717, 1.165) is 19.4 Å². The predicted octanol–water partition coefficient (Wildman–Crippen LogP) is 5.12. The summed E-state index contributed by atoms with van der Waals surface area (Å²) in [4.78, 5) is 27.9. The number of alkyl halides is 4. The number of hydrogen-bond donors (Lipinski definition) is 1. The number of carbonyl (C=O) groups excluding carboxylic acids is 1. The maximum Gasteiger partial charge on any atom is 0.417 e. The van der Waals surface area contributed by atoms with Gasteiger partial charge in [0.05, 0.1) is 46.8 Å². The fourth-order valence-electron chi connectivity index (χ4n) is 7.90. The van der Waals surface area contributed by atoms with Crippen LogP contribution in [0.1, 0.15) is 75.9 Å². The lowest BCUT2D eigenvalue weighted by atomic mass is 9.92. The van der Waals surface area contributed by atoms with Crippen LogP contribution in [-0.2, 0) is 37.0 Å². The number of carbonyl (C=O) groups is 1. The Morgan fingerprint density at radius 2 is 2.00 bits per heavy atom. The van der Waals surface area contributed by atoms with Crippen molar-refractivity contribution in [1.82, 2.24) is 29.5 Å². The maximum absolute atomic E-state index is 14.5. The molecule has 264 valence electrons. The van der Waals surface area contributed by atoms with Gasteiger partial charge in [0.15, 0.2) is 5.69 Å². The van der Waals surface area contributed by atoms with Gasteiger partial charge in [-0.2, -0.15) is 28.2 Å². The van der Waals surface area contributed by atoms with E-state index in [1.807, 2.05) is 4.90 Å². The first-order valence-corrected chi connectivity index (χ1v) is 16.8. The van der Waals surface area contributed by atoms with E-state index in [1.165, 1.54) is 24.0 Å². The summed E-state index contributed by atoms with van der Waals surface area (Å²) in [5.41, 5.74) is 6.87. The Balaban J connectivity index is 1.27. The van der Waals surface area contributed by atoms with Crippen molar-refractivity contribution < 1.29 is 31.8 Å². The van der Waals surface area contributed by atoms with Crippen molar-refractivity contribution in [3.05, 3.63) is 56.5 Å². The second-order valence-electron chi connectivity index (χ2n) is 13.7. The van der Waals surface area contributed by atoms with Crippen molar-refractivity contribution in [3.8, 4) is 6.01 Å². The van der Waals surface area contributed by atoms with Crippen LogP contribution < -0.4 is 15.4 Å². The molecule has 11 nitrogen and oxygen atoms in total. The molecule has 2 saturated heterocycles. The van der Waals surface area contributed by atoms with Gasteiger partial charge in [-0.15, -0.1) is 0 Å². The molecule has 4 aliphatic heterocycles. The second-order valence-corrected chi connectivity index (χ2v) is 14.1. The highest BCUT2D eigenvalue weighted by atomic mass is 35.5. The van der Waals surface area contributed by atoms with E-state index >= 15 is 0 Å². The van der Waals surface area contributed by atoms with E-state index in [1.54, 1.807) is 18.8 Å². The summed E-state index contributed by atoms with van der Waals surface area (Å²) in [6, 6.07) is 2.68. The molecule has 0 radical (unpaired) electrons. The number of hydrogen-bond acceptors (Lipinski definition) is 9. The van der Waals surface area contributed by atoms with Gasteiger partial charge in [-0.25, -0.2) is 4.39 Å². The minimum Gasteiger partial charge on any atom is -0.461 e. The molecule has 0 saturated carbocycles. The van der Waals surface area contributed by atoms with Crippen LogP contribution in [0.15, 0.2) is 12.1 Å². The Morgan fingerprint density at radius 1 is 1.20 bits per heavy atom. The molecule has 1 aromatic carbocycles. The average molecular weight is 707 g/mol. The van der Waals surface area contributed by atoms with Gasteiger partial charge in [0.1, 0.15) is 18.6 Å². The quantitative estimate of drug-likeness (QED) is 0.276. The molecule has 1 amide bonds. The SMILES string of the molecule is Cc1cc(N)cc(C2Cc3nc(OC[C@@]45CCCN4C[C@H](F)C5)nc(N4CCCn5nc(C(=O)N(C)C)c(Cl)c5C4)c3CO2)c1C(F)(F)F. The number of amides is 1. The van der Waals surface area contributed by atoms with Gasteiger partial charge in [-0.3, -0.25) is 14.4 Å². The van der Waals surface area contributed by atoms with Crippen LogP contribution in [-0.4, -0.2) is 87.5 Å². The van der Waals surface area contributed by atoms with Gasteiger partial charge < -0.3 is 25.0 Å². The number of rotatable bonds is 6. The number of nitrogens with two attached hydrogens (primary N) is 1. The fourth-order valence-corrected chi connectivity index (χ4v) is 8.18. The van der Waals surface area contributed by atoms with Crippen molar-refractivity contribution in [2.24, 2.45) is 0 Å².